The summed E-state index contributed by atoms with van der Waals surface area (Å²) >= 11 is 6.14. The summed E-state index contributed by atoms with van der Waals surface area (Å²) in [6, 6.07) is 8.97. The summed E-state index contributed by atoms with van der Waals surface area (Å²) in [5.74, 6) is 0.912. The van der Waals surface area contributed by atoms with Crippen LogP contribution in [-0.4, -0.2) is 8.35 Å². The van der Waals surface area contributed by atoms with Crippen LogP contribution in [0.2, 0.25) is 6.04 Å². The Morgan fingerprint density at radius 1 is 1.47 bits per heavy atom. The molecule has 0 unspecified atom stereocenters. The third kappa shape index (κ3) is 4.10. The minimum atomic E-state index is -1.19. The summed E-state index contributed by atoms with van der Waals surface area (Å²) in [5, 5.41) is 0. The Balaban J connectivity index is 2.70. The third-order valence-electron chi connectivity index (χ3n) is 2.00. The molecular formula is C12H16ClOSi. The average Bonchev–Trinajstić information content (AvgIpc) is 2.21. The first-order valence-electron chi connectivity index (χ1n) is 5.16. The molecule has 81 valence electrons. The molecule has 1 rings (SSSR count). The molecule has 1 aromatic rings. The van der Waals surface area contributed by atoms with E-state index in [1.54, 1.807) is 0 Å². The summed E-state index contributed by atoms with van der Waals surface area (Å²) in [6.07, 6.45) is 3.78. The highest BCUT2D eigenvalue weighted by atomic mass is 35.6. The molecule has 0 aromatic heterocycles. The lowest BCUT2D eigenvalue weighted by atomic mass is 10.1. The van der Waals surface area contributed by atoms with E-state index in [9.17, 15) is 0 Å². The molecule has 3 heteroatoms. The maximum absolute atomic E-state index is 6.14. The van der Waals surface area contributed by atoms with Crippen molar-refractivity contribution in [2.75, 3.05) is 0 Å². The zero-order valence-electron chi connectivity index (χ0n) is 9.00. The van der Waals surface area contributed by atoms with Crippen LogP contribution in [0.1, 0.15) is 18.9 Å². The lowest BCUT2D eigenvalue weighted by Crippen LogP contribution is -2.14. The predicted octanol–water partition coefficient (Wildman–Crippen LogP) is 3.93. The lowest BCUT2D eigenvalue weighted by molar-refractivity contribution is 0.575. The number of benzene rings is 1. The van der Waals surface area contributed by atoms with Crippen LogP contribution in [0, 0.1) is 0 Å². The molecule has 1 aromatic carbocycles. The Hall–Kier alpha value is -0.733. The van der Waals surface area contributed by atoms with Crippen molar-refractivity contribution in [3.63, 3.8) is 0 Å². The van der Waals surface area contributed by atoms with Gasteiger partial charge in [0, 0.05) is 0 Å². The SMILES string of the molecule is C=CCc1ccccc1O[Si](Cl)CCC. The van der Waals surface area contributed by atoms with E-state index in [4.69, 9.17) is 15.5 Å². The van der Waals surface area contributed by atoms with Crippen molar-refractivity contribution in [1.29, 1.82) is 0 Å². The van der Waals surface area contributed by atoms with Gasteiger partial charge in [0.25, 0.3) is 0 Å². The van der Waals surface area contributed by atoms with Gasteiger partial charge in [0.2, 0.25) is 0 Å². The molecular weight excluding hydrogens is 224 g/mol. The van der Waals surface area contributed by atoms with E-state index in [1.807, 2.05) is 24.3 Å². The standard InChI is InChI=1S/C12H16ClOSi/c1-3-7-11-8-5-6-9-12(11)14-15(13)10-4-2/h3,5-6,8-9H,1,4,7,10H2,2H3. The van der Waals surface area contributed by atoms with Crippen molar-refractivity contribution >= 4 is 19.4 Å². The normalized spacial score (nSPS) is 10.3. The van der Waals surface area contributed by atoms with E-state index in [-0.39, 0.29) is 0 Å². The smallest absolute Gasteiger partial charge is 0.392 e. The molecule has 1 nitrogen and oxygen atoms in total. The molecule has 0 bridgehead atoms. The number of hydrogen-bond acceptors (Lipinski definition) is 1. The van der Waals surface area contributed by atoms with Gasteiger partial charge in [0.1, 0.15) is 5.75 Å². The highest BCUT2D eigenvalue weighted by Gasteiger charge is 2.12. The Bertz CT molecular complexity index is 314. The second-order valence-corrected chi connectivity index (χ2v) is 5.99. The van der Waals surface area contributed by atoms with Crippen LogP contribution in [0.15, 0.2) is 36.9 Å². The molecule has 1 radical (unpaired) electrons. The fraction of sp³-hybridized carbons (Fsp3) is 0.333. The molecule has 0 amide bonds. The quantitative estimate of drug-likeness (QED) is 0.415. The van der Waals surface area contributed by atoms with Crippen LogP contribution in [0.25, 0.3) is 0 Å². The number of allylic oxidation sites excluding steroid dienone is 1. The van der Waals surface area contributed by atoms with E-state index < -0.39 is 8.35 Å². The summed E-state index contributed by atoms with van der Waals surface area (Å²) < 4.78 is 5.76. The molecule has 0 heterocycles. The largest absolute Gasteiger partial charge is 0.527 e. The lowest BCUT2D eigenvalue weighted by Gasteiger charge is -2.12. The molecule has 0 saturated carbocycles. The van der Waals surface area contributed by atoms with E-state index in [0.717, 1.165) is 30.2 Å². The predicted molar refractivity (Wildman–Crippen MR) is 67.7 cm³/mol. The van der Waals surface area contributed by atoms with E-state index >= 15 is 0 Å². The summed E-state index contributed by atoms with van der Waals surface area (Å²) in [4.78, 5) is 0. The summed E-state index contributed by atoms with van der Waals surface area (Å²) in [6.45, 7) is 5.85. The Labute approximate surface area is 98.2 Å². The minimum Gasteiger partial charge on any atom is -0.527 e. The van der Waals surface area contributed by atoms with Crippen LogP contribution < -0.4 is 4.43 Å². The van der Waals surface area contributed by atoms with Gasteiger partial charge in [-0.05, 0) is 24.1 Å². The fourth-order valence-electron chi connectivity index (χ4n) is 1.29. The zero-order chi connectivity index (χ0) is 11.1. The maximum Gasteiger partial charge on any atom is 0.392 e. The zero-order valence-corrected chi connectivity index (χ0v) is 10.8. The van der Waals surface area contributed by atoms with Crippen molar-refractivity contribution in [1.82, 2.24) is 0 Å². The van der Waals surface area contributed by atoms with Gasteiger partial charge in [-0.25, -0.2) is 0 Å². The Kier molecular flexibility index (Phi) is 5.51. The van der Waals surface area contributed by atoms with Gasteiger partial charge < -0.3 is 4.43 Å². The van der Waals surface area contributed by atoms with Gasteiger partial charge in [-0.2, -0.15) is 0 Å². The van der Waals surface area contributed by atoms with E-state index in [2.05, 4.69) is 19.6 Å². The molecule has 0 fully saturated rings. The Morgan fingerprint density at radius 3 is 2.87 bits per heavy atom. The number of hydrogen-bond donors (Lipinski definition) is 0. The van der Waals surface area contributed by atoms with Crippen LogP contribution >= 0.6 is 11.1 Å². The van der Waals surface area contributed by atoms with E-state index in [0.29, 0.717) is 0 Å². The van der Waals surface area contributed by atoms with E-state index in [1.165, 1.54) is 0 Å². The summed E-state index contributed by atoms with van der Waals surface area (Å²) in [7, 11) is -1.19. The van der Waals surface area contributed by atoms with Crippen LogP contribution in [0.3, 0.4) is 0 Å². The molecule has 0 saturated heterocycles. The molecule has 15 heavy (non-hydrogen) atoms. The van der Waals surface area contributed by atoms with Crippen LogP contribution in [0.5, 0.6) is 5.75 Å². The van der Waals surface area contributed by atoms with Crippen LogP contribution in [-0.2, 0) is 6.42 Å². The van der Waals surface area contributed by atoms with Crippen molar-refractivity contribution in [3.8, 4) is 5.75 Å². The van der Waals surface area contributed by atoms with Gasteiger partial charge in [-0.3, -0.25) is 0 Å². The summed E-state index contributed by atoms with van der Waals surface area (Å²) in [5.41, 5.74) is 1.16. The third-order valence-corrected chi connectivity index (χ3v) is 4.14. The number of para-hydroxylation sites is 1. The van der Waals surface area contributed by atoms with Crippen molar-refractivity contribution in [3.05, 3.63) is 42.5 Å². The molecule has 0 aliphatic carbocycles. The molecule has 0 aliphatic heterocycles. The number of halogens is 1. The topological polar surface area (TPSA) is 9.23 Å². The highest BCUT2D eigenvalue weighted by molar-refractivity contribution is 7.03. The minimum absolute atomic E-state index is 0.828. The van der Waals surface area contributed by atoms with Gasteiger partial charge in [-0.15, -0.1) is 17.7 Å². The second-order valence-electron chi connectivity index (χ2n) is 3.31. The van der Waals surface area contributed by atoms with Crippen molar-refractivity contribution in [2.45, 2.75) is 25.8 Å². The fourth-order valence-corrected chi connectivity index (χ4v) is 3.04. The van der Waals surface area contributed by atoms with Crippen molar-refractivity contribution in [2.24, 2.45) is 0 Å². The van der Waals surface area contributed by atoms with Crippen LogP contribution in [0.4, 0.5) is 0 Å². The first-order valence-corrected chi connectivity index (χ1v) is 7.78. The van der Waals surface area contributed by atoms with Crippen molar-refractivity contribution < 1.29 is 4.43 Å². The van der Waals surface area contributed by atoms with Gasteiger partial charge >= 0.3 is 8.35 Å². The first kappa shape index (κ1) is 12.3. The maximum atomic E-state index is 6.14. The van der Waals surface area contributed by atoms with Gasteiger partial charge in [0.05, 0.1) is 0 Å². The highest BCUT2D eigenvalue weighted by Crippen LogP contribution is 2.21. The molecule has 0 atom stereocenters. The Morgan fingerprint density at radius 2 is 2.20 bits per heavy atom. The molecule has 0 spiro atoms. The monoisotopic (exact) mass is 239 g/mol. The number of rotatable bonds is 6. The van der Waals surface area contributed by atoms with Gasteiger partial charge in [-0.1, -0.05) is 37.6 Å². The molecule has 0 N–H and O–H groups in total. The first-order chi connectivity index (χ1) is 7.27. The second kappa shape index (κ2) is 6.70. The van der Waals surface area contributed by atoms with Gasteiger partial charge in [0.15, 0.2) is 0 Å². The molecule has 0 aliphatic rings. The average molecular weight is 240 g/mol.